The number of halogens is 1. The molecule has 0 aliphatic rings. The van der Waals surface area contributed by atoms with Gasteiger partial charge in [0, 0.05) is 9.86 Å². The highest BCUT2D eigenvalue weighted by molar-refractivity contribution is 9.10. The van der Waals surface area contributed by atoms with Gasteiger partial charge in [0.2, 0.25) is 0 Å². The van der Waals surface area contributed by atoms with E-state index in [1.165, 1.54) is 0 Å². The topological polar surface area (TPSA) is 91.4 Å². The Morgan fingerprint density at radius 2 is 1.91 bits per heavy atom. The number of rotatable bonds is 1. The van der Waals surface area contributed by atoms with Crippen molar-refractivity contribution in [3.63, 3.8) is 0 Å². The molecule has 0 saturated heterocycles. The Kier molecular flexibility index (Phi) is 2.92. The van der Waals surface area contributed by atoms with Gasteiger partial charge in [-0.3, -0.25) is 4.79 Å². The van der Waals surface area contributed by atoms with Gasteiger partial charge in [-0.15, -0.1) is 0 Å². The number of oxazole rings is 1. The highest BCUT2D eigenvalue weighted by Crippen LogP contribution is 2.28. The van der Waals surface area contributed by atoms with Crippen LogP contribution in [0.15, 0.2) is 60.6 Å². The van der Waals surface area contributed by atoms with Crippen molar-refractivity contribution in [3.05, 3.63) is 63.2 Å². The van der Waals surface area contributed by atoms with E-state index in [2.05, 4.69) is 15.9 Å². The van der Waals surface area contributed by atoms with Crippen molar-refractivity contribution < 1.29 is 13.6 Å². The fraction of sp³-hybridized carbons (Fsp3) is 0. The van der Waals surface area contributed by atoms with Crippen molar-refractivity contribution in [2.75, 3.05) is 5.73 Å². The SMILES string of the molecule is Nc1cccc2c1oc(=O)n2C(=O)c1cc2c(Br)cccc2o1. The second-order valence-electron chi connectivity index (χ2n) is 4.97. The van der Waals surface area contributed by atoms with Crippen LogP contribution in [0.5, 0.6) is 0 Å². The molecule has 2 N–H and O–H groups in total. The van der Waals surface area contributed by atoms with Crippen molar-refractivity contribution in [2.45, 2.75) is 0 Å². The molecule has 0 unspecified atom stereocenters. The molecular formula is C16H9BrN2O4. The lowest BCUT2D eigenvalue weighted by molar-refractivity contribution is 0.0931. The second-order valence-corrected chi connectivity index (χ2v) is 5.82. The second kappa shape index (κ2) is 4.85. The third-order valence-electron chi connectivity index (χ3n) is 3.56. The monoisotopic (exact) mass is 372 g/mol. The number of hydrogen-bond donors (Lipinski definition) is 1. The number of nitrogens with zero attached hydrogens (tertiary/aromatic N) is 1. The summed E-state index contributed by atoms with van der Waals surface area (Å²) in [6.45, 7) is 0. The zero-order valence-electron chi connectivity index (χ0n) is 11.6. The Hall–Kier alpha value is -2.80. The van der Waals surface area contributed by atoms with E-state index in [9.17, 15) is 9.59 Å². The molecule has 7 heteroatoms. The van der Waals surface area contributed by atoms with Crippen LogP contribution in [0.25, 0.3) is 22.1 Å². The minimum Gasteiger partial charge on any atom is -0.451 e. The average molecular weight is 373 g/mol. The van der Waals surface area contributed by atoms with Crippen LogP contribution in [0.2, 0.25) is 0 Å². The first-order chi connectivity index (χ1) is 11.1. The lowest BCUT2D eigenvalue weighted by Gasteiger charge is -1.98. The van der Waals surface area contributed by atoms with Gasteiger partial charge in [0.05, 0.1) is 5.69 Å². The van der Waals surface area contributed by atoms with Gasteiger partial charge < -0.3 is 14.6 Å². The van der Waals surface area contributed by atoms with E-state index in [4.69, 9.17) is 14.6 Å². The van der Waals surface area contributed by atoms with E-state index in [0.29, 0.717) is 16.8 Å². The van der Waals surface area contributed by atoms with E-state index >= 15 is 0 Å². The van der Waals surface area contributed by atoms with Gasteiger partial charge in [-0.2, -0.15) is 0 Å². The van der Waals surface area contributed by atoms with Gasteiger partial charge in [-0.05, 0) is 30.3 Å². The summed E-state index contributed by atoms with van der Waals surface area (Å²) in [5.41, 5.74) is 7.09. The molecule has 0 bridgehead atoms. The summed E-state index contributed by atoms with van der Waals surface area (Å²) in [6, 6.07) is 11.8. The van der Waals surface area contributed by atoms with E-state index in [1.807, 2.05) is 6.07 Å². The van der Waals surface area contributed by atoms with Crippen LogP contribution < -0.4 is 11.5 Å². The molecule has 2 heterocycles. The molecule has 0 fully saturated rings. The maximum Gasteiger partial charge on any atom is 0.427 e. The third-order valence-corrected chi connectivity index (χ3v) is 4.25. The minimum absolute atomic E-state index is 0.0409. The molecule has 2 aromatic heterocycles. The Morgan fingerprint density at radius 1 is 1.13 bits per heavy atom. The van der Waals surface area contributed by atoms with Crippen molar-refractivity contribution in [3.8, 4) is 0 Å². The number of fused-ring (bicyclic) bond motifs is 2. The number of aromatic nitrogens is 1. The number of nitrogen functional groups attached to an aromatic ring is 1. The van der Waals surface area contributed by atoms with Crippen molar-refractivity contribution in [2.24, 2.45) is 0 Å². The molecule has 2 aromatic carbocycles. The third kappa shape index (κ3) is 2.01. The highest BCUT2D eigenvalue weighted by Gasteiger charge is 2.22. The smallest absolute Gasteiger partial charge is 0.427 e. The van der Waals surface area contributed by atoms with E-state index in [0.717, 1.165) is 14.4 Å². The lowest BCUT2D eigenvalue weighted by atomic mass is 10.2. The number of nitrogens with two attached hydrogens (primary N) is 1. The fourth-order valence-corrected chi connectivity index (χ4v) is 2.96. The van der Waals surface area contributed by atoms with E-state index < -0.39 is 11.7 Å². The summed E-state index contributed by atoms with van der Waals surface area (Å²) in [5, 5.41) is 0.746. The van der Waals surface area contributed by atoms with Crippen LogP contribution in [0.1, 0.15) is 10.6 Å². The zero-order chi connectivity index (χ0) is 16.1. The van der Waals surface area contributed by atoms with Crippen LogP contribution in [-0.4, -0.2) is 10.5 Å². The highest BCUT2D eigenvalue weighted by atomic mass is 79.9. The summed E-state index contributed by atoms with van der Waals surface area (Å²) >= 11 is 3.40. The largest absolute Gasteiger partial charge is 0.451 e. The molecule has 0 saturated carbocycles. The van der Waals surface area contributed by atoms with Crippen molar-refractivity contribution in [1.82, 2.24) is 4.57 Å². The molecule has 0 atom stereocenters. The fourth-order valence-electron chi connectivity index (χ4n) is 2.49. The summed E-state index contributed by atoms with van der Waals surface area (Å²) in [4.78, 5) is 24.7. The first-order valence-electron chi connectivity index (χ1n) is 6.69. The van der Waals surface area contributed by atoms with Gasteiger partial charge in [0.25, 0.3) is 0 Å². The standard InChI is InChI=1S/C16H9BrN2O4/c17-9-3-1-6-12-8(9)7-13(22-12)15(20)19-11-5-2-4-10(18)14(11)23-16(19)21/h1-7H,18H2. The molecule has 0 spiro atoms. The molecule has 23 heavy (non-hydrogen) atoms. The molecule has 0 radical (unpaired) electrons. The summed E-state index contributed by atoms with van der Waals surface area (Å²) in [7, 11) is 0. The van der Waals surface area contributed by atoms with Gasteiger partial charge in [0.15, 0.2) is 11.3 Å². The molecule has 4 aromatic rings. The normalized spacial score (nSPS) is 11.3. The average Bonchev–Trinajstić information content (AvgIpc) is 3.09. The maximum absolute atomic E-state index is 12.7. The van der Waals surface area contributed by atoms with Crippen LogP contribution >= 0.6 is 15.9 Å². The quantitative estimate of drug-likeness (QED) is 0.517. The lowest BCUT2D eigenvalue weighted by Crippen LogP contribution is -2.22. The number of hydrogen-bond acceptors (Lipinski definition) is 5. The van der Waals surface area contributed by atoms with Gasteiger partial charge >= 0.3 is 11.7 Å². The summed E-state index contributed by atoms with van der Waals surface area (Å²) < 4.78 is 12.3. The van der Waals surface area contributed by atoms with Crippen molar-refractivity contribution in [1.29, 1.82) is 0 Å². The maximum atomic E-state index is 12.7. The van der Waals surface area contributed by atoms with Gasteiger partial charge in [-0.1, -0.05) is 28.1 Å². The van der Waals surface area contributed by atoms with Crippen LogP contribution in [0.4, 0.5) is 5.69 Å². The number of carbonyl (C=O) groups is 1. The Bertz CT molecular complexity index is 1140. The predicted molar refractivity (Wildman–Crippen MR) is 88.5 cm³/mol. The molecule has 0 aliphatic heterocycles. The number of benzene rings is 2. The Morgan fingerprint density at radius 3 is 2.70 bits per heavy atom. The zero-order valence-corrected chi connectivity index (χ0v) is 13.2. The molecular weight excluding hydrogens is 364 g/mol. The van der Waals surface area contributed by atoms with Crippen LogP contribution in [-0.2, 0) is 0 Å². The molecule has 6 nitrogen and oxygen atoms in total. The minimum atomic E-state index is -0.803. The number of carbonyl (C=O) groups excluding carboxylic acids is 1. The summed E-state index contributed by atoms with van der Waals surface area (Å²) in [5.74, 6) is -1.37. The Labute approximate surface area is 137 Å². The van der Waals surface area contributed by atoms with Gasteiger partial charge in [-0.25, -0.2) is 9.36 Å². The van der Waals surface area contributed by atoms with Crippen LogP contribution in [0, 0.1) is 0 Å². The van der Waals surface area contributed by atoms with E-state index in [-0.39, 0.29) is 11.3 Å². The van der Waals surface area contributed by atoms with Crippen LogP contribution in [0.3, 0.4) is 0 Å². The molecule has 0 aliphatic carbocycles. The molecule has 0 amide bonds. The first-order valence-corrected chi connectivity index (χ1v) is 7.48. The van der Waals surface area contributed by atoms with Crippen molar-refractivity contribution >= 4 is 49.6 Å². The first kappa shape index (κ1) is 13.8. The van der Waals surface area contributed by atoms with E-state index in [1.54, 1.807) is 36.4 Å². The predicted octanol–water partition coefficient (Wildman–Crippen LogP) is 3.37. The Balaban J connectivity index is 1.95. The number of anilines is 1. The molecule has 4 rings (SSSR count). The van der Waals surface area contributed by atoms with Gasteiger partial charge in [0.1, 0.15) is 11.1 Å². The summed E-state index contributed by atoms with van der Waals surface area (Å²) in [6.07, 6.45) is 0. The number of furan rings is 1. The molecule has 114 valence electrons. The number of para-hydroxylation sites is 1.